The molecule has 0 aliphatic heterocycles. The summed E-state index contributed by atoms with van der Waals surface area (Å²) >= 11 is 9.40. The zero-order valence-corrected chi connectivity index (χ0v) is 18.6. The van der Waals surface area contributed by atoms with Crippen LogP contribution in [-0.4, -0.2) is 20.6 Å². The molecule has 0 saturated heterocycles. The molecule has 0 heterocycles. The molecule has 0 bridgehead atoms. The number of carbonyl (C=O) groups excluding carboxylic acids is 1. The van der Waals surface area contributed by atoms with E-state index in [0.29, 0.717) is 22.0 Å². The molecule has 1 N–H and O–H groups in total. The third-order valence-corrected chi connectivity index (χ3v) is 6.23. The van der Waals surface area contributed by atoms with Crippen molar-refractivity contribution in [2.75, 3.05) is 15.9 Å². The third kappa shape index (κ3) is 5.59. The molecule has 0 saturated carbocycles. The predicted molar refractivity (Wildman–Crippen MR) is 121 cm³/mol. The number of hydrogen-bond acceptors (Lipinski definition) is 3. The Morgan fingerprint density at radius 3 is 2.34 bits per heavy atom. The van der Waals surface area contributed by atoms with Gasteiger partial charge in [-0.2, -0.15) is 0 Å². The lowest BCUT2D eigenvalue weighted by Crippen LogP contribution is -2.29. The summed E-state index contributed by atoms with van der Waals surface area (Å²) in [4.78, 5) is 12.5. The van der Waals surface area contributed by atoms with Gasteiger partial charge >= 0.3 is 0 Å². The number of rotatable bonds is 6. The fraction of sp³-hybridized carbons (Fsp3) is 0.0952. The van der Waals surface area contributed by atoms with Crippen LogP contribution < -0.4 is 9.62 Å². The first-order valence-electron chi connectivity index (χ1n) is 8.62. The SMILES string of the molecule is CS(=O)(=O)N(Cc1ccc(C(=O)Nc2ccccc2Br)cc1)c1cccc(Cl)c1. The first-order valence-corrected chi connectivity index (χ1v) is 11.6. The van der Waals surface area contributed by atoms with Crippen LogP contribution in [0.1, 0.15) is 15.9 Å². The molecule has 0 aromatic heterocycles. The summed E-state index contributed by atoms with van der Waals surface area (Å²) in [7, 11) is -3.51. The number of nitrogens with zero attached hydrogens (tertiary/aromatic N) is 1. The van der Waals surface area contributed by atoms with Crippen molar-refractivity contribution in [2.24, 2.45) is 0 Å². The third-order valence-electron chi connectivity index (χ3n) is 4.16. The Balaban J connectivity index is 1.78. The second kappa shape index (κ2) is 8.98. The maximum atomic E-state index is 12.5. The molecule has 0 aliphatic carbocycles. The molecule has 3 aromatic carbocycles. The molecule has 0 atom stereocenters. The first-order chi connectivity index (χ1) is 13.7. The van der Waals surface area contributed by atoms with Gasteiger partial charge in [0.15, 0.2) is 0 Å². The topological polar surface area (TPSA) is 66.5 Å². The van der Waals surface area contributed by atoms with Crippen LogP contribution in [0.25, 0.3) is 0 Å². The summed E-state index contributed by atoms with van der Waals surface area (Å²) in [6.45, 7) is 0.130. The van der Waals surface area contributed by atoms with Gasteiger partial charge in [-0.3, -0.25) is 9.10 Å². The Kier molecular flexibility index (Phi) is 6.62. The molecule has 0 aliphatic rings. The van der Waals surface area contributed by atoms with E-state index in [-0.39, 0.29) is 12.5 Å². The maximum Gasteiger partial charge on any atom is 0.255 e. The van der Waals surface area contributed by atoms with Crippen molar-refractivity contribution in [3.63, 3.8) is 0 Å². The highest BCUT2D eigenvalue weighted by Crippen LogP contribution is 2.25. The van der Waals surface area contributed by atoms with Crippen molar-refractivity contribution >= 4 is 54.8 Å². The minimum Gasteiger partial charge on any atom is -0.321 e. The van der Waals surface area contributed by atoms with E-state index in [4.69, 9.17) is 11.6 Å². The van der Waals surface area contributed by atoms with Gasteiger partial charge in [-0.05, 0) is 64.0 Å². The smallest absolute Gasteiger partial charge is 0.255 e. The van der Waals surface area contributed by atoms with E-state index in [1.807, 2.05) is 18.2 Å². The van der Waals surface area contributed by atoms with Crippen molar-refractivity contribution in [1.29, 1.82) is 0 Å². The van der Waals surface area contributed by atoms with E-state index in [1.165, 1.54) is 4.31 Å². The molecule has 3 rings (SSSR count). The Bertz CT molecular complexity index is 1130. The molecule has 0 fully saturated rings. The second-order valence-electron chi connectivity index (χ2n) is 6.38. The van der Waals surface area contributed by atoms with E-state index >= 15 is 0 Å². The number of anilines is 2. The van der Waals surface area contributed by atoms with Crippen LogP contribution in [0.2, 0.25) is 5.02 Å². The second-order valence-corrected chi connectivity index (χ2v) is 9.58. The van der Waals surface area contributed by atoms with Crippen LogP contribution in [0.4, 0.5) is 11.4 Å². The molecule has 1 amide bonds. The number of sulfonamides is 1. The first kappa shape index (κ1) is 21.4. The fourth-order valence-electron chi connectivity index (χ4n) is 2.72. The molecule has 0 unspecified atom stereocenters. The molecule has 29 heavy (non-hydrogen) atoms. The molecule has 150 valence electrons. The molecular formula is C21H18BrClN2O3S. The van der Waals surface area contributed by atoms with Crippen molar-refractivity contribution in [1.82, 2.24) is 0 Å². The average molecular weight is 494 g/mol. The van der Waals surface area contributed by atoms with Gasteiger partial charge in [-0.15, -0.1) is 0 Å². The highest BCUT2D eigenvalue weighted by molar-refractivity contribution is 9.10. The van der Waals surface area contributed by atoms with E-state index < -0.39 is 10.0 Å². The van der Waals surface area contributed by atoms with Gasteiger partial charge in [0, 0.05) is 15.1 Å². The van der Waals surface area contributed by atoms with Gasteiger partial charge in [-0.1, -0.05) is 41.9 Å². The van der Waals surface area contributed by atoms with Crippen LogP contribution in [0.3, 0.4) is 0 Å². The summed E-state index contributed by atoms with van der Waals surface area (Å²) < 4.78 is 26.6. The van der Waals surface area contributed by atoms with E-state index in [0.717, 1.165) is 16.3 Å². The summed E-state index contributed by atoms with van der Waals surface area (Å²) in [6, 6.07) is 20.8. The van der Waals surface area contributed by atoms with Crippen molar-refractivity contribution in [2.45, 2.75) is 6.54 Å². The van der Waals surface area contributed by atoms with Gasteiger partial charge in [0.05, 0.1) is 24.2 Å². The fourth-order valence-corrected chi connectivity index (χ4v) is 4.16. The number of hydrogen-bond donors (Lipinski definition) is 1. The largest absolute Gasteiger partial charge is 0.321 e. The zero-order chi connectivity index (χ0) is 21.0. The van der Waals surface area contributed by atoms with Crippen molar-refractivity contribution < 1.29 is 13.2 Å². The van der Waals surface area contributed by atoms with Crippen LogP contribution >= 0.6 is 27.5 Å². The standard InChI is InChI=1S/C21H18BrClN2O3S/c1-29(27,28)25(18-6-4-5-17(23)13-18)14-15-9-11-16(12-10-15)21(26)24-20-8-3-2-7-19(20)22/h2-13H,14H2,1H3,(H,24,26). The lowest BCUT2D eigenvalue weighted by Gasteiger charge is -2.22. The van der Waals surface area contributed by atoms with Crippen LogP contribution in [0, 0.1) is 0 Å². The van der Waals surface area contributed by atoms with Crippen LogP contribution in [0.5, 0.6) is 0 Å². The molecule has 5 nitrogen and oxygen atoms in total. The van der Waals surface area contributed by atoms with E-state index in [9.17, 15) is 13.2 Å². The zero-order valence-electron chi connectivity index (χ0n) is 15.5. The predicted octanol–water partition coefficient (Wildman–Crippen LogP) is 5.32. The number of para-hydroxylation sites is 1. The monoisotopic (exact) mass is 492 g/mol. The average Bonchev–Trinajstić information content (AvgIpc) is 2.67. The number of benzene rings is 3. The molecule has 3 aromatic rings. The van der Waals surface area contributed by atoms with Gasteiger partial charge in [0.1, 0.15) is 0 Å². The van der Waals surface area contributed by atoms with Gasteiger partial charge in [0.25, 0.3) is 5.91 Å². The number of halogens is 2. The van der Waals surface area contributed by atoms with Gasteiger partial charge in [0.2, 0.25) is 10.0 Å². The number of amides is 1. The maximum absolute atomic E-state index is 12.5. The minimum atomic E-state index is -3.51. The molecule has 0 radical (unpaired) electrons. The summed E-state index contributed by atoms with van der Waals surface area (Å²) in [5.74, 6) is -0.252. The van der Waals surface area contributed by atoms with Gasteiger partial charge in [-0.25, -0.2) is 8.42 Å². The molecule has 0 spiro atoms. The summed E-state index contributed by atoms with van der Waals surface area (Å²) in [6.07, 6.45) is 1.15. The van der Waals surface area contributed by atoms with Crippen molar-refractivity contribution in [3.05, 3.63) is 93.4 Å². The van der Waals surface area contributed by atoms with Crippen molar-refractivity contribution in [3.8, 4) is 0 Å². The minimum absolute atomic E-state index is 0.130. The Labute approximate surface area is 183 Å². The lowest BCUT2D eigenvalue weighted by molar-refractivity contribution is 0.102. The Hall–Kier alpha value is -2.35. The quantitative estimate of drug-likeness (QED) is 0.505. The Morgan fingerprint density at radius 1 is 1.03 bits per heavy atom. The number of nitrogens with one attached hydrogen (secondary N) is 1. The summed E-state index contributed by atoms with van der Waals surface area (Å²) in [5, 5.41) is 3.29. The van der Waals surface area contributed by atoms with E-state index in [2.05, 4.69) is 21.2 Å². The summed E-state index contributed by atoms with van der Waals surface area (Å²) in [5.41, 5.74) is 2.37. The number of carbonyl (C=O) groups is 1. The lowest BCUT2D eigenvalue weighted by atomic mass is 10.1. The highest BCUT2D eigenvalue weighted by Gasteiger charge is 2.18. The Morgan fingerprint density at radius 2 is 1.72 bits per heavy atom. The van der Waals surface area contributed by atoms with E-state index in [1.54, 1.807) is 54.6 Å². The normalized spacial score (nSPS) is 11.1. The highest BCUT2D eigenvalue weighted by atomic mass is 79.9. The van der Waals surface area contributed by atoms with Gasteiger partial charge < -0.3 is 5.32 Å². The molecule has 8 heteroatoms. The van der Waals surface area contributed by atoms with Crippen LogP contribution in [-0.2, 0) is 16.6 Å². The van der Waals surface area contributed by atoms with Crippen LogP contribution in [0.15, 0.2) is 77.3 Å². The molecular weight excluding hydrogens is 476 g/mol.